The van der Waals surface area contributed by atoms with Crippen LogP contribution in [0.4, 0.5) is 0 Å². The van der Waals surface area contributed by atoms with Crippen LogP contribution >= 0.6 is 11.3 Å². The van der Waals surface area contributed by atoms with Crippen LogP contribution in [0.25, 0.3) is 6.08 Å². The SMILES string of the molecule is CCOC(=O)C1=C(C)N=c2sc(=Cc3ccc(O)c(OCC)c3)c(=O)n2[C@H]1c1ccc(OC)cc1OC. The standard InChI is InChI=1S/C27H28N2O7S/c1-6-35-21-12-16(8-11-19(21)30)13-22-25(31)29-24(18-10-9-17(33-4)14-20(18)34-5)23(26(32)36-7-2)15(3)28-27(29)37-22/h8-14,24,30H,6-7H2,1-5H3/t24-/m0/s1. The van der Waals surface area contributed by atoms with Crippen molar-refractivity contribution in [2.75, 3.05) is 27.4 Å². The summed E-state index contributed by atoms with van der Waals surface area (Å²) in [5.74, 6) is 0.812. The number of carbonyl (C=O) groups is 1. The van der Waals surface area contributed by atoms with Crippen molar-refractivity contribution in [1.82, 2.24) is 4.57 Å². The summed E-state index contributed by atoms with van der Waals surface area (Å²) in [6, 6.07) is 9.27. The maximum absolute atomic E-state index is 13.8. The van der Waals surface area contributed by atoms with E-state index in [-0.39, 0.29) is 23.5 Å². The molecule has 0 spiro atoms. The Bertz CT molecular complexity index is 1550. The van der Waals surface area contributed by atoms with Crippen molar-refractivity contribution in [3.05, 3.63) is 78.5 Å². The molecule has 1 atom stereocenters. The number of aromatic nitrogens is 1. The number of allylic oxidation sites excluding steroid dienone is 1. The fourth-order valence-corrected chi connectivity index (χ4v) is 5.22. The number of esters is 1. The van der Waals surface area contributed by atoms with E-state index in [1.54, 1.807) is 57.4 Å². The molecule has 9 nitrogen and oxygen atoms in total. The van der Waals surface area contributed by atoms with E-state index in [1.165, 1.54) is 29.1 Å². The molecule has 4 rings (SSSR count). The summed E-state index contributed by atoms with van der Waals surface area (Å²) in [7, 11) is 3.06. The highest BCUT2D eigenvalue weighted by molar-refractivity contribution is 7.07. The number of fused-ring (bicyclic) bond motifs is 1. The molecule has 194 valence electrons. The second-order valence-electron chi connectivity index (χ2n) is 8.07. The highest BCUT2D eigenvalue weighted by atomic mass is 32.1. The number of nitrogens with zero attached hydrogens (tertiary/aromatic N) is 2. The molecule has 0 saturated carbocycles. The number of hydrogen-bond donors (Lipinski definition) is 1. The van der Waals surface area contributed by atoms with Crippen LogP contribution in [-0.4, -0.2) is 43.1 Å². The van der Waals surface area contributed by atoms with E-state index < -0.39 is 12.0 Å². The van der Waals surface area contributed by atoms with Gasteiger partial charge in [0.05, 0.1) is 43.2 Å². The van der Waals surface area contributed by atoms with Gasteiger partial charge in [-0.05, 0) is 56.7 Å². The van der Waals surface area contributed by atoms with E-state index in [0.717, 1.165) is 0 Å². The first-order valence-electron chi connectivity index (χ1n) is 11.7. The molecular weight excluding hydrogens is 496 g/mol. The third-order valence-corrected chi connectivity index (χ3v) is 6.82. The molecule has 0 amide bonds. The van der Waals surface area contributed by atoms with Gasteiger partial charge in [-0.1, -0.05) is 17.4 Å². The van der Waals surface area contributed by atoms with Gasteiger partial charge in [-0.25, -0.2) is 9.79 Å². The first-order chi connectivity index (χ1) is 17.8. The van der Waals surface area contributed by atoms with Crippen LogP contribution in [-0.2, 0) is 9.53 Å². The molecule has 1 aromatic heterocycles. The Balaban J connectivity index is 1.96. The number of carbonyl (C=O) groups excluding carboxylic acids is 1. The van der Waals surface area contributed by atoms with Crippen LogP contribution in [0.15, 0.2) is 57.5 Å². The fourth-order valence-electron chi connectivity index (χ4n) is 4.17. The van der Waals surface area contributed by atoms with Crippen LogP contribution in [0.3, 0.4) is 0 Å². The van der Waals surface area contributed by atoms with Gasteiger partial charge in [0.25, 0.3) is 5.56 Å². The minimum atomic E-state index is -0.822. The smallest absolute Gasteiger partial charge is 0.338 e. The number of aromatic hydroxyl groups is 1. The molecular formula is C27H28N2O7S. The molecule has 0 aliphatic carbocycles. The molecule has 2 aromatic carbocycles. The molecule has 0 unspecified atom stereocenters. The highest BCUT2D eigenvalue weighted by Gasteiger charge is 2.35. The third kappa shape index (κ3) is 4.97. The molecule has 0 fully saturated rings. The van der Waals surface area contributed by atoms with E-state index in [0.29, 0.717) is 50.0 Å². The highest BCUT2D eigenvalue weighted by Crippen LogP contribution is 2.37. The molecule has 10 heteroatoms. The average Bonchev–Trinajstić information content (AvgIpc) is 3.19. The number of methoxy groups -OCH3 is 2. The molecule has 1 aliphatic heterocycles. The monoisotopic (exact) mass is 524 g/mol. The summed E-state index contributed by atoms with van der Waals surface area (Å²) in [5, 5.41) is 10.0. The second kappa shape index (κ2) is 10.9. The third-order valence-electron chi connectivity index (χ3n) is 5.83. The van der Waals surface area contributed by atoms with Crippen molar-refractivity contribution in [1.29, 1.82) is 0 Å². The van der Waals surface area contributed by atoms with Crippen molar-refractivity contribution in [3.8, 4) is 23.0 Å². The van der Waals surface area contributed by atoms with Gasteiger partial charge in [-0.15, -0.1) is 0 Å². The molecule has 0 bridgehead atoms. The zero-order valence-electron chi connectivity index (χ0n) is 21.2. The number of phenolic OH excluding ortho intramolecular Hbond substituents is 1. The quantitative estimate of drug-likeness (QED) is 0.452. The number of hydrogen-bond acceptors (Lipinski definition) is 9. The lowest BCUT2D eigenvalue weighted by molar-refractivity contribution is -0.139. The number of thiazole rings is 1. The number of rotatable bonds is 8. The fraction of sp³-hybridized carbons (Fsp3) is 0.296. The van der Waals surface area contributed by atoms with Crippen molar-refractivity contribution < 1.29 is 28.8 Å². The van der Waals surface area contributed by atoms with E-state index in [4.69, 9.17) is 18.9 Å². The van der Waals surface area contributed by atoms with E-state index >= 15 is 0 Å². The Morgan fingerprint density at radius 3 is 2.57 bits per heavy atom. The Morgan fingerprint density at radius 2 is 1.89 bits per heavy atom. The van der Waals surface area contributed by atoms with Gasteiger partial charge in [-0.2, -0.15) is 0 Å². The molecule has 0 radical (unpaired) electrons. The lowest BCUT2D eigenvalue weighted by Crippen LogP contribution is -2.40. The van der Waals surface area contributed by atoms with Crippen molar-refractivity contribution in [3.63, 3.8) is 0 Å². The lowest BCUT2D eigenvalue weighted by Gasteiger charge is -2.26. The van der Waals surface area contributed by atoms with Crippen molar-refractivity contribution in [2.45, 2.75) is 26.8 Å². The Hall–Kier alpha value is -4.05. The molecule has 3 aromatic rings. The summed E-state index contributed by atoms with van der Waals surface area (Å²) < 4.78 is 23.7. The van der Waals surface area contributed by atoms with Gasteiger partial charge >= 0.3 is 5.97 Å². The normalized spacial score (nSPS) is 15.2. The van der Waals surface area contributed by atoms with E-state index in [9.17, 15) is 14.7 Å². The maximum atomic E-state index is 13.8. The predicted octanol–water partition coefficient (Wildman–Crippen LogP) is 2.92. The first kappa shape index (κ1) is 26.0. The van der Waals surface area contributed by atoms with E-state index in [2.05, 4.69) is 4.99 Å². The predicted molar refractivity (Wildman–Crippen MR) is 139 cm³/mol. The zero-order valence-corrected chi connectivity index (χ0v) is 22.0. The number of benzene rings is 2. The summed E-state index contributed by atoms with van der Waals surface area (Å²) in [6.45, 7) is 5.83. The second-order valence-corrected chi connectivity index (χ2v) is 9.08. The minimum absolute atomic E-state index is 0.0155. The number of phenols is 1. The Morgan fingerprint density at radius 1 is 1.11 bits per heavy atom. The Labute approximate surface area is 217 Å². The number of ether oxygens (including phenoxy) is 4. The summed E-state index contributed by atoms with van der Waals surface area (Å²) in [5.41, 5.74) is 1.65. The summed E-state index contributed by atoms with van der Waals surface area (Å²) in [6.07, 6.45) is 1.71. The molecule has 1 N–H and O–H groups in total. The van der Waals surface area contributed by atoms with Crippen LogP contribution in [0.5, 0.6) is 23.0 Å². The average molecular weight is 525 g/mol. The molecule has 0 saturated heterocycles. The van der Waals surface area contributed by atoms with Gasteiger partial charge in [0.15, 0.2) is 16.3 Å². The van der Waals surface area contributed by atoms with E-state index in [1.807, 2.05) is 6.92 Å². The summed E-state index contributed by atoms with van der Waals surface area (Å²) >= 11 is 1.20. The van der Waals surface area contributed by atoms with Gasteiger partial charge in [0, 0.05) is 11.6 Å². The van der Waals surface area contributed by atoms with Crippen LogP contribution < -0.4 is 29.1 Å². The van der Waals surface area contributed by atoms with Gasteiger partial charge in [0.1, 0.15) is 17.5 Å². The first-order valence-corrected chi connectivity index (χ1v) is 12.5. The summed E-state index contributed by atoms with van der Waals surface area (Å²) in [4.78, 5) is 31.9. The molecule has 2 heterocycles. The minimum Gasteiger partial charge on any atom is -0.504 e. The Kier molecular flexibility index (Phi) is 7.68. The topological polar surface area (TPSA) is 109 Å². The lowest BCUT2D eigenvalue weighted by atomic mass is 9.95. The van der Waals surface area contributed by atoms with Crippen LogP contribution in [0.2, 0.25) is 0 Å². The van der Waals surface area contributed by atoms with Crippen LogP contribution in [0, 0.1) is 0 Å². The largest absolute Gasteiger partial charge is 0.504 e. The van der Waals surface area contributed by atoms with Crippen molar-refractivity contribution >= 4 is 23.4 Å². The zero-order chi connectivity index (χ0) is 26.7. The molecule has 37 heavy (non-hydrogen) atoms. The van der Waals surface area contributed by atoms with Gasteiger partial charge in [0.2, 0.25) is 0 Å². The molecule has 1 aliphatic rings. The maximum Gasteiger partial charge on any atom is 0.338 e. The van der Waals surface area contributed by atoms with Crippen molar-refractivity contribution in [2.24, 2.45) is 4.99 Å². The van der Waals surface area contributed by atoms with Gasteiger partial charge in [-0.3, -0.25) is 9.36 Å². The van der Waals surface area contributed by atoms with Gasteiger partial charge < -0.3 is 24.1 Å². The van der Waals surface area contributed by atoms with Crippen LogP contribution in [0.1, 0.15) is 37.9 Å².